The zero-order chi connectivity index (χ0) is 14.9. The van der Waals surface area contributed by atoms with Crippen molar-refractivity contribution in [2.75, 3.05) is 14.2 Å². The van der Waals surface area contributed by atoms with Crippen molar-refractivity contribution in [3.8, 4) is 11.5 Å². The molecule has 2 rings (SSSR count). The smallest absolute Gasteiger partial charge is 0.337 e. The molecule has 0 aliphatic heterocycles. The first kappa shape index (κ1) is 14.9. The lowest BCUT2D eigenvalue weighted by Crippen LogP contribution is -2.14. The molecule has 1 aromatic carbocycles. The third-order valence-electron chi connectivity index (χ3n) is 2.91. The van der Waals surface area contributed by atoms with Crippen molar-refractivity contribution in [2.24, 2.45) is 5.92 Å². The van der Waals surface area contributed by atoms with Crippen molar-refractivity contribution in [1.29, 1.82) is 0 Å². The van der Waals surface area contributed by atoms with Crippen molar-refractivity contribution < 1.29 is 23.8 Å². The predicted molar refractivity (Wildman–Crippen MR) is 72.5 cm³/mol. The number of ether oxygens (including phenoxy) is 3. The van der Waals surface area contributed by atoms with Gasteiger partial charge in [-0.05, 0) is 24.6 Å². The number of hydrogen-bond donors (Lipinski definition) is 0. The third-order valence-corrected chi connectivity index (χ3v) is 3.74. The van der Waals surface area contributed by atoms with Gasteiger partial charge in [0.05, 0.1) is 25.7 Å². The number of esters is 2. The fraction of sp³-hybridized carbons (Fsp3) is 0.385. The molecule has 5 nitrogen and oxygen atoms in total. The Bertz CT molecular complexity index is 556. The van der Waals surface area contributed by atoms with E-state index >= 15 is 0 Å². The van der Waals surface area contributed by atoms with Gasteiger partial charge in [0.2, 0.25) is 0 Å². The molecule has 108 valence electrons. The summed E-state index contributed by atoms with van der Waals surface area (Å²) in [5.74, 6) is -1.14. The first-order chi connectivity index (χ1) is 9.39. The van der Waals surface area contributed by atoms with Crippen LogP contribution in [0.1, 0.15) is 16.8 Å². The summed E-state index contributed by atoms with van der Waals surface area (Å²) in [5.41, 5.74) is 0.291. The van der Waals surface area contributed by atoms with Gasteiger partial charge in [-0.3, -0.25) is 4.79 Å². The SMILES string of the molecule is COC(=O)c1ccc(OC(=O)C2CC2(Cl)Cl)c(OC)c1. The van der Waals surface area contributed by atoms with Crippen LogP contribution in [-0.4, -0.2) is 30.5 Å². The highest BCUT2D eigenvalue weighted by molar-refractivity contribution is 6.52. The molecule has 0 radical (unpaired) electrons. The topological polar surface area (TPSA) is 61.8 Å². The Kier molecular flexibility index (Phi) is 4.11. The average molecular weight is 319 g/mol. The van der Waals surface area contributed by atoms with Gasteiger partial charge in [0.1, 0.15) is 4.33 Å². The van der Waals surface area contributed by atoms with E-state index in [0.29, 0.717) is 12.0 Å². The molecule has 0 aromatic heterocycles. The lowest BCUT2D eigenvalue weighted by molar-refractivity contribution is -0.135. The fourth-order valence-corrected chi connectivity index (χ4v) is 2.13. The number of halogens is 2. The van der Waals surface area contributed by atoms with Gasteiger partial charge in [0.25, 0.3) is 0 Å². The van der Waals surface area contributed by atoms with Crippen molar-refractivity contribution in [3.63, 3.8) is 0 Å². The summed E-state index contributed by atoms with van der Waals surface area (Å²) < 4.78 is 13.8. The molecule has 1 fully saturated rings. The lowest BCUT2D eigenvalue weighted by Gasteiger charge is -2.10. The first-order valence-corrected chi connectivity index (χ1v) is 6.50. The molecule has 20 heavy (non-hydrogen) atoms. The maximum atomic E-state index is 11.8. The Morgan fingerprint density at radius 1 is 1.25 bits per heavy atom. The summed E-state index contributed by atoms with van der Waals surface area (Å²) in [6.07, 6.45) is 0.359. The number of carbonyl (C=O) groups excluding carboxylic acids is 2. The minimum absolute atomic E-state index is 0.196. The Morgan fingerprint density at radius 3 is 2.40 bits per heavy atom. The van der Waals surface area contributed by atoms with E-state index in [0.717, 1.165) is 0 Å². The van der Waals surface area contributed by atoms with Crippen LogP contribution in [0.4, 0.5) is 0 Å². The highest BCUT2D eigenvalue weighted by atomic mass is 35.5. The van der Waals surface area contributed by atoms with E-state index in [9.17, 15) is 9.59 Å². The van der Waals surface area contributed by atoms with E-state index < -0.39 is 22.2 Å². The summed E-state index contributed by atoms with van der Waals surface area (Å²) in [6.45, 7) is 0. The second-order valence-corrected chi connectivity index (χ2v) is 5.84. The normalized spacial score (nSPS) is 19.1. The average Bonchev–Trinajstić information content (AvgIpc) is 3.07. The van der Waals surface area contributed by atoms with Gasteiger partial charge < -0.3 is 14.2 Å². The van der Waals surface area contributed by atoms with E-state index in [-0.39, 0.29) is 11.5 Å². The van der Waals surface area contributed by atoms with Gasteiger partial charge in [-0.2, -0.15) is 0 Å². The van der Waals surface area contributed by atoms with Crippen LogP contribution in [0.15, 0.2) is 18.2 Å². The van der Waals surface area contributed by atoms with Crippen molar-refractivity contribution in [3.05, 3.63) is 23.8 Å². The molecule has 1 aromatic rings. The predicted octanol–water partition coefficient (Wildman–Crippen LogP) is 2.58. The molecule has 1 unspecified atom stereocenters. The summed E-state index contributed by atoms with van der Waals surface area (Å²) in [7, 11) is 2.68. The van der Waals surface area contributed by atoms with Crippen molar-refractivity contribution in [1.82, 2.24) is 0 Å². The maximum absolute atomic E-state index is 11.8. The van der Waals surface area contributed by atoms with Gasteiger partial charge in [-0.15, -0.1) is 23.2 Å². The Hall–Kier alpha value is -1.46. The number of alkyl halides is 2. The molecule has 0 N–H and O–H groups in total. The number of hydrogen-bond acceptors (Lipinski definition) is 5. The quantitative estimate of drug-likeness (QED) is 0.485. The molecule has 1 saturated carbocycles. The van der Waals surface area contributed by atoms with Crippen LogP contribution < -0.4 is 9.47 Å². The highest BCUT2D eigenvalue weighted by Crippen LogP contribution is 2.53. The number of methoxy groups -OCH3 is 2. The number of carbonyl (C=O) groups is 2. The fourth-order valence-electron chi connectivity index (χ4n) is 1.65. The molecule has 0 bridgehead atoms. The Morgan fingerprint density at radius 2 is 1.90 bits per heavy atom. The van der Waals surface area contributed by atoms with Crippen LogP contribution in [0, 0.1) is 5.92 Å². The van der Waals surface area contributed by atoms with E-state index in [1.54, 1.807) is 0 Å². The molecule has 1 atom stereocenters. The second kappa shape index (κ2) is 5.50. The second-order valence-electron chi connectivity index (χ2n) is 4.30. The molecular weight excluding hydrogens is 307 g/mol. The van der Waals surface area contributed by atoms with Crippen molar-refractivity contribution >= 4 is 35.1 Å². The summed E-state index contributed by atoms with van der Waals surface area (Å²) in [6, 6.07) is 4.35. The molecule has 7 heteroatoms. The maximum Gasteiger partial charge on any atom is 0.337 e. The zero-order valence-electron chi connectivity index (χ0n) is 10.8. The standard InChI is InChI=1S/C13H12Cl2O5/c1-18-10-5-7(11(16)19-2)3-4-9(10)20-12(17)8-6-13(8,14)15/h3-5,8H,6H2,1-2H3. The summed E-state index contributed by atoms with van der Waals surface area (Å²) in [5, 5.41) is 0. The molecule has 1 aliphatic carbocycles. The Labute approximate surface area is 125 Å². The van der Waals surface area contributed by atoms with Gasteiger partial charge in [-0.1, -0.05) is 0 Å². The summed E-state index contributed by atoms with van der Waals surface area (Å²) in [4.78, 5) is 23.2. The Balaban J connectivity index is 2.16. The van der Waals surface area contributed by atoms with Gasteiger partial charge in [0, 0.05) is 0 Å². The molecular formula is C13H12Cl2O5. The van der Waals surface area contributed by atoms with Crippen LogP contribution in [-0.2, 0) is 9.53 Å². The third kappa shape index (κ3) is 2.99. The van der Waals surface area contributed by atoms with Crippen LogP contribution in [0.2, 0.25) is 0 Å². The van der Waals surface area contributed by atoms with Gasteiger partial charge in [-0.25, -0.2) is 4.79 Å². The van der Waals surface area contributed by atoms with Crippen LogP contribution >= 0.6 is 23.2 Å². The molecule has 0 heterocycles. The van der Waals surface area contributed by atoms with Gasteiger partial charge >= 0.3 is 11.9 Å². The lowest BCUT2D eigenvalue weighted by atomic mass is 10.2. The van der Waals surface area contributed by atoms with E-state index in [4.69, 9.17) is 32.7 Å². The number of benzene rings is 1. The molecule has 0 saturated heterocycles. The monoisotopic (exact) mass is 318 g/mol. The molecule has 0 amide bonds. The minimum atomic E-state index is -1.05. The largest absolute Gasteiger partial charge is 0.493 e. The van der Waals surface area contributed by atoms with Crippen LogP contribution in [0.5, 0.6) is 11.5 Å². The highest BCUT2D eigenvalue weighted by Gasteiger charge is 2.57. The summed E-state index contributed by atoms with van der Waals surface area (Å²) >= 11 is 11.6. The van der Waals surface area contributed by atoms with E-state index in [2.05, 4.69) is 4.74 Å². The molecule has 1 aliphatic rings. The minimum Gasteiger partial charge on any atom is -0.493 e. The van der Waals surface area contributed by atoms with Crippen molar-refractivity contribution in [2.45, 2.75) is 10.8 Å². The first-order valence-electron chi connectivity index (χ1n) is 5.75. The number of rotatable bonds is 4. The van der Waals surface area contributed by atoms with Crippen LogP contribution in [0.25, 0.3) is 0 Å². The van der Waals surface area contributed by atoms with E-state index in [1.165, 1.54) is 32.4 Å². The van der Waals surface area contributed by atoms with Gasteiger partial charge in [0.15, 0.2) is 11.5 Å². The zero-order valence-corrected chi connectivity index (χ0v) is 12.3. The van der Waals surface area contributed by atoms with E-state index in [1.807, 2.05) is 0 Å². The van der Waals surface area contributed by atoms with Crippen LogP contribution in [0.3, 0.4) is 0 Å². The molecule has 0 spiro atoms.